The molecule has 1 nitrogen and oxygen atoms in total. The molecule has 0 aliphatic carbocycles. The Bertz CT molecular complexity index is 163. The summed E-state index contributed by atoms with van der Waals surface area (Å²) in [5, 5.41) is 0. The highest BCUT2D eigenvalue weighted by Gasteiger charge is 1.84. The highest BCUT2D eigenvalue weighted by Crippen LogP contribution is 2.02. The summed E-state index contributed by atoms with van der Waals surface area (Å²) >= 11 is 0. The van der Waals surface area contributed by atoms with Gasteiger partial charge < -0.3 is 0 Å². The molecular formula is C8H11N. The zero-order chi connectivity index (χ0) is 6.53. The predicted molar refractivity (Wildman–Crippen MR) is 40.6 cm³/mol. The summed E-state index contributed by atoms with van der Waals surface area (Å²) < 4.78 is 0. The van der Waals surface area contributed by atoms with Crippen molar-refractivity contribution in [3.8, 4) is 0 Å². The molecule has 0 unspecified atom stereocenters. The van der Waals surface area contributed by atoms with Crippen molar-refractivity contribution in [2.75, 3.05) is 0 Å². The summed E-state index contributed by atoms with van der Waals surface area (Å²) in [6.07, 6.45) is 10.4. The van der Waals surface area contributed by atoms with E-state index in [2.05, 4.69) is 17.1 Å². The number of hydrogen-bond donors (Lipinski definition) is 0. The fraction of sp³-hybridized carbons (Fsp3) is 0.375. The zero-order valence-electron chi connectivity index (χ0n) is 5.67. The van der Waals surface area contributed by atoms with E-state index in [-0.39, 0.29) is 0 Å². The molecule has 0 fully saturated rings. The van der Waals surface area contributed by atoms with Crippen LogP contribution in [0.25, 0.3) is 0 Å². The highest BCUT2D eigenvalue weighted by molar-refractivity contribution is 5.72. The van der Waals surface area contributed by atoms with Crippen LogP contribution in [-0.4, -0.2) is 6.21 Å². The van der Waals surface area contributed by atoms with Crippen molar-refractivity contribution < 1.29 is 0 Å². The fourth-order valence-electron chi connectivity index (χ4n) is 0.759. The van der Waals surface area contributed by atoms with Crippen LogP contribution in [-0.2, 0) is 0 Å². The van der Waals surface area contributed by atoms with Crippen molar-refractivity contribution in [1.29, 1.82) is 0 Å². The van der Waals surface area contributed by atoms with E-state index < -0.39 is 0 Å². The Balaban J connectivity index is 2.64. The lowest BCUT2D eigenvalue weighted by atomic mass is 10.2. The van der Waals surface area contributed by atoms with Gasteiger partial charge in [-0.2, -0.15) is 0 Å². The molecule has 0 saturated carbocycles. The van der Waals surface area contributed by atoms with Gasteiger partial charge in [0.1, 0.15) is 0 Å². The second-order valence-electron chi connectivity index (χ2n) is 2.13. The largest absolute Gasteiger partial charge is 0.262 e. The fourth-order valence-corrected chi connectivity index (χ4v) is 0.759. The minimum atomic E-state index is 1.12. The van der Waals surface area contributed by atoms with E-state index >= 15 is 0 Å². The average molecular weight is 121 g/mol. The molecular weight excluding hydrogens is 110 g/mol. The first-order valence-electron chi connectivity index (χ1n) is 3.25. The van der Waals surface area contributed by atoms with Crippen LogP contribution >= 0.6 is 0 Å². The predicted octanol–water partition coefficient (Wildman–Crippen LogP) is 2.31. The summed E-state index contributed by atoms with van der Waals surface area (Å²) in [5.41, 5.74) is 1.12. The van der Waals surface area contributed by atoms with E-state index in [4.69, 9.17) is 0 Å². The molecule has 0 N–H and O–H groups in total. The lowest BCUT2D eigenvalue weighted by Crippen LogP contribution is -1.76. The Kier molecular flexibility index (Phi) is 2.25. The quantitative estimate of drug-likeness (QED) is 0.466. The Labute approximate surface area is 55.8 Å². The van der Waals surface area contributed by atoms with Gasteiger partial charge in [0.2, 0.25) is 0 Å². The number of aliphatic imine (C=N–C) groups is 1. The molecule has 0 spiro atoms. The van der Waals surface area contributed by atoms with Crippen LogP contribution in [0.1, 0.15) is 19.8 Å². The van der Waals surface area contributed by atoms with Crippen LogP contribution < -0.4 is 0 Å². The standard InChI is InChI=1S/C8H11N/c1-8-6-4-2-3-5-7-9-8/h3,5-7H,2,4H2,1H3/b5-3+,8-6?,9-7?. The summed E-state index contributed by atoms with van der Waals surface area (Å²) in [4.78, 5) is 4.13. The molecule has 0 saturated heterocycles. The number of rotatable bonds is 0. The third-order valence-electron chi connectivity index (χ3n) is 1.27. The topological polar surface area (TPSA) is 12.4 Å². The van der Waals surface area contributed by atoms with Crippen LogP contribution in [0, 0.1) is 0 Å². The lowest BCUT2D eigenvalue weighted by Gasteiger charge is -1.93. The van der Waals surface area contributed by atoms with Gasteiger partial charge in [0.05, 0.1) is 0 Å². The third kappa shape index (κ3) is 2.27. The van der Waals surface area contributed by atoms with Crippen LogP contribution in [0.4, 0.5) is 0 Å². The Morgan fingerprint density at radius 1 is 1.44 bits per heavy atom. The molecule has 0 aromatic rings. The van der Waals surface area contributed by atoms with E-state index in [1.54, 1.807) is 0 Å². The molecule has 0 aromatic carbocycles. The third-order valence-corrected chi connectivity index (χ3v) is 1.27. The van der Waals surface area contributed by atoms with Gasteiger partial charge in [0.15, 0.2) is 0 Å². The number of nitrogens with zero attached hydrogens (tertiary/aromatic N) is 1. The molecule has 1 aliphatic rings. The number of hydrogen-bond acceptors (Lipinski definition) is 1. The minimum absolute atomic E-state index is 1.12. The second-order valence-corrected chi connectivity index (χ2v) is 2.13. The molecule has 48 valence electrons. The van der Waals surface area contributed by atoms with Crippen LogP contribution in [0.5, 0.6) is 0 Å². The monoisotopic (exact) mass is 121 g/mol. The molecule has 0 amide bonds. The van der Waals surface area contributed by atoms with E-state index in [1.807, 2.05) is 19.2 Å². The summed E-state index contributed by atoms with van der Waals surface area (Å²) in [6.45, 7) is 2.02. The van der Waals surface area contributed by atoms with E-state index in [0.717, 1.165) is 18.5 Å². The van der Waals surface area contributed by atoms with Crippen molar-refractivity contribution in [1.82, 2.24) is 0 Å². The molecule has 1 heteroatoms. The molecule has 1 heterocycles. The van der Waals surface area contributed by atoms with Gasteiger partial charge in [0, 0.05) is 11.9 Å². The normalized spacial score (nSPS) is 22.1. The maximum absolute atomic E-state index is 4.13. The van der Waals surface area contributed by atoms with Crippen LogP contribution in [0.2, 0.25) is 0 Å². The van der Waals surface area contributed by atoms with Gasteiger partial charge in [-0.3, -0.25) is 4.99 Å². The molecule has 1 rings (SSSR count). The van der Waals surface area contributed by atoms with Crippen molar-refractivity contribution in [2.45, 2.75) is 19.8 Å². The van der Waals surface area contributed by atoms with Gasteiger partial charge in [-0.05, 0) is 25.8 Å². The summed E-state index contributed by atoms with van der Waals surface area (Å²) in [7, 11) is 0. The average Bonchev–Trinajstić information content (AvgIpc) is 1.79. The van der Waals surface area contributed by atoms with Crippen molar-refractivity contribution in [3.05, 3.63) is 23.9 Å². The molecule has 0 bridgehead atoms. The minimum Gasteiger partial charge on any atom is -0.262 e. The van der Waals surface area contributed by atoms with Gasteiger partial charge in [-0.15, -0.1) is 0 Å². The lowest BCUT2D eigenvalue weighted by molar-refractivity contribution is 1.03. The van der Waals surface area contributed by atoms with Crippen molar-refractivity contribution in [3.63, 3.8) is 0 Å². The molecule has 0 aromatic heterocycles. The summed E-state index contributed by atoms with van der Waals surface area (Å²) in [6, 6.07) is 0. The Morgan fingerprint density at radius 3 is 3.22 bits per heavy atom. The molecule has 0 atom stereocenters. The van der Waals surface area contributed by atoms with E-state index in [0.29, 0.717) is 0 Å². The summed E-state index contributed by atoms with van der Waals surface area (Å²) in [5.74, 6) is 0. The number of allylic oxidation sites excluding steroid dienone is 4. The molecule has 9 heavy (non-hydrogen) atoms. The van der Waals surface area contributed by atoms with Crippen LogP contribution in [0.3, 0.4) is 0 Å². The molecule has 0 radical (unpaired) electrons. The maximum atomic E-state index is 4.13. The maximum Gasteiger partial charge on any atom is 0.0332 e. The van der Waals surface area contributed by atoms with E-state index in [1.165, 1.54) is 0 Å². The highest BCUT2D eigenvalue weighted by atomic mass is 14.7. The van der Waals surface area contributed by atoms with Gasteiger partial charge in [-0.25, -0.2) is 0 Å². The van der Waals surface area contributed by atoms with Crippen molar-refractivity contribution in [2.24, 2.45) is 4.99 Å². The van der Waals surface area contributed by atoms with Crippen molar-refractivity contribution >= 4 is 6.21 Å². The van der Waals surface area contributed by atoms with E-state index in [9.17, 15) is 0 Å². The first-order chi connectivity index (χ1) is 4.39. The van der Waals surface area contributed by atoms with Gasteiger partial charge in [0.25, 0.3) is 0 Å². The zero-order valence-corrected chi connectivity index (χ0v) is 5.67. The first-order valence-corrected chi connectivity index (χ1v) is 3.25. The Hall–Kier alpha value is -0.850. The molecule has 1 aliphatic heterocycles. The SMILES string of the molecule is CC1=CCC/C=C/C=N1. The first kappa shape index (κ1) is 6.27. The second kappa shape index (κ2) is 3.23. The Morgan fingerprint density at radius 2 is 2.33 bits per heavy atom. The smallest absolute Gasteiger partial charge is 0.0332 e. The van der Waals surface area contributed by atoms with Gasteiger partial charge in [-0.1, -0.05) is 12.2 Å². The van der Waals surface area contributed by atoms with Gasteiger partial charge >= 0.3 is 0 Å². The van der Waals surface area contributed by atoms with Crippen LogP contribution in [0.15, 0.2) is 28.9 Å².